The molecule has 0 aliphatic heterocycles. The van der Waals surface area contributed by atoms with Gasteiger partial charge in [-0.1, -0.05) is 12.1 Å². The summed E-state index contributed by atoms with van der Waals surface area (Å²) in [4.78, 5) is 3.44. The van der Waals surface area contributed by atoms with Crippen molar-refractivity contribution in [2.24, 2.45) is 0 Å². The van der Waals surface area contributed by atoms with Crippen LogP contribution in [-0.2, 0) is 6.61 Å². The lowest BCUT2D eigenvalue weighted by molar-refractivity contribution is 0.285. The Morgan fingerprint density at radius 2 is 2.00 bits per heavy atom. The van der Waals surface area contributed by atoms with Crippen LogP contribution in [0.2, 0.25) is 0 Å². The van der Waals surface area contributed by atoms with E-state index in [1.165, 1.54) is 24.4 Å². The molecular formula is C12H9F2NO. The van der Waals surface area contributed by atoms with E-state index in [9.17, 15) is 8.78 Å². The maximum Gasteiger partial charge on any atom is 0.255 e. The fourth-order valence-corrected chi connectivity index (χ4v) is 1.27. The highest BCUT2D eigenvalue weighted by molar-refractivity contribution is 5.20. The van der Waals surface area contributed by atoms with Crippen molar-refractivity contribution in [2.75, 3.05) is 0 Å². The summed E-state index contributed by atoms with van der Waals surface area (Å²) in [7, 11) is 0. The number of nitrogens with zero attached hydrogens (tertiary/aromatic N) is 1. The Bertz CT molecular complexity index is 488. The maximum atomic E-state index is 13.1. The summed E-state index contributed by atoms with van der Waals surface area (Å²) in [5.74, 6) is -0.946. The molecule has 0 bridgehead atoms. The molecule has 2 rings (SSSR count). The molecule has 0 unspecified atom stereocenters. The van der Waals surface area contributed by atoms with Gasteiger partial charge in [-0.25, -0.2) is 9.37 Å². The normalized spacial score (nSPS) is 10.1. The topological polar surface area (TPSA) is 22.1 Å². The minimum Gasteiger partial charge on any atom is -0.484 e. The highest BCUT2D eigenvalue weighted by Crippen LogP contribution is 2.15. The number of hydrogen-bond donors (Lipinski definition) is 0. The smallest absolute Gasteiger partial charge is 0.255 e. The predicted molar refractivity (Wildman–Crippen MR) is 54.9 cm³/mol. The molecule has 0 spiro atoms. The summed E-state index contributed by atoms with van der Waals surface area (Å²) >= 11 is 0. The van der Waals surface area contributed by atoms with Crippen LogP contribution in [0.4, 0.5) is 8.78 Å². The van der Waals surface area contributed by atoms with E-state index in [1.54, 1.807) is 18.2 Å². The lowest BCUT2D eigenvalue weighted by Crippen LogP contribution is -1.98. The van der Waals surface area contributed by atoms with E-state index >= 15 is 0 Å². The van der Waals surface area contributed by atoms with Crippen molar-refractivity contribution in [3.63, 3.8) is 0 Å². The summed E-state index contributed by atoms with van der Waals surface area (Å²) in [5, 5.41) is 0. The Morgan fingerprint density at radius 3 is 2.75 bits per heavy atom. The van der Waals surface area contributed by atoms with Crippen LogP contribution in [0.3, 0.4) is 0 Å². The molecule has 82 valence electrons. The molecule has 1 heterocycles. The third kappa shape index (κ3) is 2.53. The molecule has 0 N–H and O–H groups in total. The standard InChI is InChI=1S/C12H9F2NO/c13-10-4-1-3-9(7-10)8-16-11-5-2-6-15-12(11)14/h1-7H,8H2. The van der Waals surface area contributed by atoms with Crippen molar-refractivity contribution < 1.29 is 13.5 Å². The first-order valence-corrected chi connectivity index (χ1v) is 4.73. The van der Waals surface area contributed by atoms with Crippen molar-refractivity contribution in [3.05, 3.63) is 59.9 Å². The van der Waals surface area contributed by atoms with E-state index in [0.717, 1.165) is 0 Å². The van der Waals surface area contributed by atoms with Crippen LogP contribution in [0.5, 0.6) is 5.75 Å². The quantitative estimate of drug-likeness (QED) is 0.743. The summed E-state index contributed by atoms with van der Waals surface area (Å²) in [6.07, 6.45) is 1.34. The Morgan fingerprint density at radius 1 is 1.12 bits per heavy atom. The molecule has 0 aliphatic rings. The highest BCUT2D eigenvalue weighted by atomic mass is 19.1. The molecule has 4 heteroatoms. The van der Waals surface area contributed by atoms with Gasteiger partial charge < -0.3 is 4.74 Å². The molecule has 0 radical (unpaired) electrons. The third-order valence-electron chi connectivity index (χ3n) is 2.01. The second-order valence-corrected chi connectivity index (χ2v) is 3.21. The van der Waals surface area contributed by atoms with Crippen LogP contribution >= 0.6 is 0 Å². The van der Waals surface area contributed by atoms with Gasteiger partial charge in [0.2, 0.25) is 0 Å². The van der Waals surface area contributed by atoms with Crippen LogP contribution in [0, 0.1) is 11.8 Å². The zero-order chi connectivity index (χ0) is 11.4. The van der Waals surface area contributed by atoms with Gasteiger partial charge in [-0.05, 0) is 29.8 Å². The zero-order valence-corrected chi connectivity index (χ0v) is 8.36. The van der Waals surface area contributed by atoms with Crippen LogP contribution < -0.4 is 4.74 Å². The van der Waals surface area contributed by atoms with E-state index in [0.29, 0.717) is 5.56 Å². The van der Waals surface area contributed by atoms with Gasteiger partial charge in [0.1, 0.15) is 12.4 Å². The van der Waals surface area contributed by atoms with Crippen molar-refractivity contribution in [1.82, 2.24) is 4.98 Å². The molecule has 1 aromatic carbocycles. The molecular weight excluding hydrogens is 212 g/mol. The predicted octanol–water partition coefficient (Wildman–Crippen LogP) is 2.94. The zero-order valence-electron chi connectivity index (χ0n) is 8.36. The van der Waals surface area contributed by atoms with Gasteiger partial charge in [-0.2, -0.15) is 4.39 Å². The van der Waals surface area contributed by atoms with Crippen LogP contribution in [0.15, 0.2) is 42.6 Å². The summed E-state index contributed by atoms with van der Waals surface area (Å²) in [5.41, 5.74) is 0.642. The SMILES string of the molecule is Fc1cccc(COc2cccnc2F)c1. The van der Waals surface area contributed by atoms with Crippen LogP contribution in [-0.4, -0.2) is 4.98 Å². The number of pyridine rings is 1. The van der Waals surface area contributed by atoms with Crippen LogP contribution in [0.1, 0.15) is 5.56 Å². The monoisotopic (exact) mass is 221 g/mol. The van der Waals surface area contributed by atoms with Crippen molar-refractivity contribution in [2.45, 2.75) is 6.61 Å². The van der Waals surface area contributed by atoms with E-state index in [4.69, 9.17) is 4.74 Å². The number of aromatic nitrogens is 1. The second kappa shape index (κ2) is 4.70. The molecule has 0 saturated heterocycles. The van der Waals surface area contributed by atoms with E-state index in [2.05, 4.69) is 4.98 Å². The summed E-state index contributed by atoms with van der Waals surface area (Å²) in [6.45, 7) is 0.111. The third-order valence-corrected chi connectivity index (χ3v) is 2.01. The molecule has 2 nitrogen and oxygen atoms in total. The minimum atomic E-state index is -0.668. The number of ether oxygens (including phenoxy) is 1. The lowest BCUT2D eigenvalue weighted by atomic mass is 10.2. The van der Waals surface area contributed by atoms with Crippen molar-refractivity contribution >= 4 is 0 Å². The molecule has 0 amide bonds. The Kier molecular flexibility index (Phi) is 3.10. The van der Waals surface area contributed by atoms with E-state index < -0.39 is 5.95 Å². The minimum absolute atomic E-state index is 0.0618. The largest absolute Gasteiger partial charge is 0.484 e. The number of benzene rings is 1. The average molecular weight is 221 g/mol. The van der Waals surface area contributed by atoms with Gasteiger partial charge in [-0.15, -0.1) is 0 Å². The number of halogens is 2. The lowest BCUT2D eigenvalue weighted by Gasteiger charge is -2.06. The second-order valence-electron chi connectivity index (χ2n) is 3.21. The number of hydrogen-bond acceptors (Lipinski definition) is 2. The van der Waals surface area contributed by atoms with E-state index in [1.807, 2.05) is 0 Å². The Hall–Kier alpha value is -1.97. The van der Waals surface area contributed by atoms with Gasteiger partial charge >= 0.3 is 0 Å². The molecule has 2 aromatic rings. The first-order chi connectivity index (χ1) is 7.75. The van der Waals surface area contributed by atoms with E-state index in [-0.39, 0.29) is 18.2 Å². The number of rotatable bonds is 3. The summed E-state index contributed by atoms with van der Waals surface area (Å²) in [6, 6.07) is 9.01. The Balaban J connectivity index is 2.05. The fourth-order valence-electron chi connectivity index (χ4n) is 1.27. The van der Waals surface area contributed by atoms with Gasteiger partial charge in [0.25, 0.3) is 5.95 Å². The molecule has 16 heavy (non-hydrogen) atoms. The molecule has 0 saturated carbocycles. The maximum absolute atomic E-state index is 13.1. The molecule has 0 aliphatic carbocycles. The van der Waals surface area contributed by atoms with Gasteiger partial charge in [0.15, 0.2) is 5.75 Å². The Labute approximate surface area is 91.5 Å². The van der Waals surface area contributed by atoms with Crippen molar-refractivity contribution in [3.8, 4) is 5.75 Å². The van der Waals surface area contributed by atoms with Crippen LogP contribution in [0.25, 0.3) is 0 Å². The molecule has 0 fully saturated rings. The van der Waals surface area contributed by atoms with Gasteiger partial charge in [0.05, 0.1) is 0 Å². The van der Waals surface area contributed by atoms with Gasteiger partial charge in [0, 0.05) is 6.20 Å². The van der Waals surface area contributed by atoms with Crippen molar-refractivity contribution in [1.29, 1.82) is 0 Å². The average Bonchev–Trinajstić information content (AvgIpc) is 2.28. The summed E-state index contributed by atoms with van der Waals surface area (Å²) < 4.78 is 31.1. The van der Waals surface area contributed by atoms with Gasteiger partial charge in [-0.3, -0.25) is 0 Å². The first-order valence-electron chi connectivity index (χ1n) is 4.73. The molecule has 0 atom stereocenters. The fraction of sp³-hybridized carbons (Fsp3) is 0.0833. The first kappa shape index (κ1) is 10.5. The highest BCUT2D eigenvalue weighted by Gasteiger charge is 2.03. The molecule has 1 aromatic heterocycles.